The summed E-state index contributed by atoms with van der Waals surface area (Å²) >= 11 is 0. The second-order valence-electron chi connectivity index (χ2n) is 8.38. The third-order valence-corrected chi connectivity index (χ3v) is 5.99. The molecule has 168 valence electrons. The van der Waals surface area contributed by atoms with Gasteiger partial charge in [-0.05, 0) is 32.2 Å². The molecule has 9 heteroatoms. The first-order valence-corrected chi connectivity index (χ1v) is 10.9. The van der Waals surface area contributed by atoms with Crippen molar-refractivity contribution in [3.8, 4) is 11.8 Å². The van der Waals surface area contributed by atoms with Crippen molar-refractivity contribution in [2.45, 2.75) is 32.5 Å². The van der Waals surface area contributed by atoms with Gasteiger partial charge in [-0.1, -0.05) is 11.8 Å². The molecule has 0 fully saturated rings. The maximum absolute atomic E-state index is 13.1. The predicted molar refractivity (Wildman–Crippen MR) is 121 cm³/mol. The van der Waals surface area contributed by atoms with E-state index in [1.54, 1.807) is 17.2 Å². The number of nitrogens with one attached hydrogen (secondary N) is 1. The van der Waals surface area contributed by atoms with Crippen molar-refractivity contribution in [1.29, 1.82) is 0 Å². The molecule has 5 rings (SSSR count). The molecule has 1 N–H and O–H groups in total. The fraction of sp³-hybridized carbons (Fsp3) is 0.333. The van der Waals surface area contributed by atoms with Gasteiger partial charge in [0.15, 0.2) is 0 Å². The lowest BCUT2D eigenvalue weighted by atomic mass is 10.1. The standard InChI is InChI=1S/C24H24FN7O/c1-16(20-6-5-19(25)14-27-20)29-24(33)31-8-7-21-22(31)11-17(12-26-21)3-4-18-13-28-32-10-9-30(2)15-23(18)32/h5-6,11-14,16H,7-10,15H2,1-2H3,(H,29,33)/t16-/m0/s1. The normalized spacial score (nSPS) is 15.9. The summed E-state index contributed by atoms with van der Waals surface area (Å²) in [7, 11) is 2.09. The van der Waals surface area contributed by atoms with Crippen molar-refractivity contribution in [2.75, 3.05) is 25.0 Å². The van der Waals surface area contributed by atoms with Gasteiger partial charge < -0.3 is 5.32 Å². The molecule has 3 aromatic heterocycles. The van der Waals surface area contributed by atoms with E-state index in [9.17, 15) is 9.18 Å². The van der Waals surface area contributed by atoms with Crippen LogP contribution >= 0.6 is 0 Å². The summed E-state index contributed by atoms with van der Waals surface area (Å²) in [5, 5.41) is 7.37. The van der Waals surface area contributed by atoms with Gasteiger partial charge in [-0.2, -0.15) is 5.10 Å². The summed E-state index contributed by atoms with van der Waals surface area (Å²) in [6.45, 7) is 5.02. The number of anilines is 1. The lowest BCUT2D eigenvalue weighted by Crippen LogP contribution is -2.40. The summed E-state index contributed by atoms with van der Waals surface area (Å²) in [5.41, 5.74) is 5.00. The van der Waals surface area contributed by atoms with Gasteiger partial charge in [0.05, 0.1) is 53.3 Å². The number of urea groups is 1. The van der Waals surface area contributed by atoms with Crippen LogP contribution in [-0.2, 0) is 19.5 Å². The second kappa shape index (κ2) is 8.64. The highest BCUT2D eigenvalue weighted by Gasteiger charge is 2.27. The molecule has 2 aliphatic heterocycles. The second-order valence-corrected chi connectivity index (χ2v) is 8.38. The van der Waals surface area contributed by atoms with Gasteiger partial charge in [-0.25, -0.2) is 9.18 Å². The number of carbonyl (C=O) groups excluding carboxylic acids is 1. The number of pyridine rings is 2. The lowest BCUT2D eigenvalue weighted by molar-refractivity contribution is 0.243. The van der Waals surface area contributed by atoms with E-state index in [1.807, 2.05) is 23.9 Å². The average molecular weight is 446 g/mol. The Kier molecular flexibility index (Phi) is 5.52. The Morgan fingerprint density at radius 2 is 2.03 bits per heavy atom. The third-order valence-electron chi connectivity index (χ3n) is 5.99. The van der Waals surface area contributed by atoms with Gasteiger partial charge in [0, 0.05) is 37.8 Å². The number of hydrogen-bond acceptors (Lipinski definition) is 5. The van der Waals surface area contributed by atoms with Gasteiger partial charge in [-0.3, -0.25) is 24.4 Å². The minimum atomic E-state index is -0.408. The zero-order valence-corrected chi connectivity index (χ0v) is 18.5. The molecule has 33 heavy (non-hydrogen) atoms. The number of rotatable bonds is 2. The molecule has 2 amide bonds. The van der Waals surface area contributed by atoms with Gasteiger partial charge in [-0.15, -0.1) is 0 Å². The summed E-state index contributed by atoms with van der Waals surface area (Å²) in [5.74, 6) is 6.00. The topological polar surface area (TPSA) is 79.2 Å². The van der Waals surface area contributed by atoms with Crippen molar-refractivity contribution >= 4 is 11.7 Å². The molecule has 0 spiro atoms. The number of nitrogens with zero attached hydrogens (tertiary/aromatic N) is 6. The number of carbonyl (C=O) groups is 1. The number of likely N-dealkylation sites (N-methyl/N-ethyl adjacent to an activating group) is 1. The largest absolute Gasteiger partial charge is 0.330 e. The molecule has 0 saturated carbocycles. The number of halogens is 1. The molecule has 0 aromatic carbocycles. The molecular formula is C24H24FN7O. The number of fused-ring (bicyclic) bond motifs is 2. The molecule has 0 radical (unpaired) electrons. The van der Waals surface area contributed by atoms with Crippen LogP contribution in [0.15, 0.2) is 36.8 Å². The monoisotopic (exact) mass is 445 g/mol. The SMILES string of the molecule is C[C@H](NC(=O)N1CCc2ncc(C#Cc3cnn4c3CN(C)CC4)cc21)c1ccc(F)cn1. The van der Waals surface area contributed by atoms with Crippen LogP contribution in [0.5, 0.6) is 0 Å². The van der Waals surface area contributed by atoms with Crippen molar-refractivity contribution in [1.82, 2.24) is 30.0 Å². The van der Waals surface area contributed by atoms with Crippen LogP contribution in [0.2, 0.25) is 0 Å². The van der Waals surface area contributed by atoms with E-state index in [1.165, 1.54) is 6.07 Å². The smallest absolute Gasteiger partial charge is 0.322 e. The summed E-state index contributed by atoms with van der Waals surface area (Å²) < 4.78 is 15.1. The van der Waals surface area contributed by atoms with Crippen molar-refractivity contribution in [3.63, 3.8) is 0 Å². The van der Waals surface area contributed by atoms with Crippen LogP contribution in [-0.4, -0.2) is 50.8 Å². The molecule has 0 saturated heterocycles. The Balaban J connectivity index is 1.33. The van der Waals surface area contributed by atoms with Crippen LogP contribution in [0.3, 0.4) is 0 Å². The molecule has 3 aromatic rings. The lowest BCUT2D eigenvalue weighted by Gasteiger charge is -2.23. The first-order chi connectivity index (χ1) is 16.0. The minimum Gasteiger partial charge on any atom is -0.330 e. The van der Waals surface area contributed by atoms with E-state index in [4.69, 9.17) is 0 Å². The molecule has 2 aliphatic rings. The Morgan fingerprint density at radius 1 is 1.15 bits per heavy atom. The van der Waals surface area contributed by atoms with Gasteiger partial charge in [0.25, 0.3) is 0 Å². The Morgan fingerprint density at radius 3 is 2.85 bits per heavy atom. The maximum Gasteiger partial charge on any atom is 0.322 e. The number of amides is 2. The quantitative estimate of drug-likeness (QED) is 0.614. The Labute approximate surface area is 191 Å². The van der Waals surface area contributed by atoms with E-state index < -0.39 is 5.82 Å². The van der Waals surface area contributed by atoms with Crippen LogP contribution in [0.25, 0.3) is 0 Å². The van der Waals surface area contributed by atoms with Crippen molar-refractivity contribution in [2.24, 2.45) is 0 Å². The van der Waals surface area contributed by atoms with E-state index in [-0.39, 0.29) is 12.1 Å². The van der Waals surface area contributed by atoms with E-state index in [0.29, 0.717) is 18.7 Å². The molecule has 0 bridgehead atoms. The van der Waals surface area contributed by atoms with Gasteiger partial charge in [0.2, 0.25) is 0 Å². The summed E-state index contributed by atoms with van der Waals surface area (Å²) in [4.78, 5) is 25.4. The van der Waals surface area contributed by atoms with Crippen LogP contribution in [0.1, 0.15) is 41.2 Å². The van der Waals surface area contributed by atoms with Crippen molar-refractivity contribution in [3.05, 3.63) is 70.8 Å². The highest BCUT2D eigenvalue weighted by atomic mass is 19.1. The highest BCUT2D eigenvalue weighted by Crippen LogP contribution is 2.27. The molecule has 0 unspecified atom stereocenters. The van der Waals surface area contributed by atoms with Crippen LogP contribution in [0.4, 0.5) is 14.9 Å². The molecule has 5 heterocycles. The highest BCUT2D eigenvalue weighted by molar-refractivity contribution is 5.94. The molecule has 8 nitrogen and oxygen atoms in total. The minimum absolute atomic E-state index is 0.243. The van der Waals surface area contributed by atoms with Crippen LogP contribution < -0.4 is 10.2 Å². The average Bonchev–Trinajstić information content (AvgIpc) is 3.41. The third kappa shape index (κ3) is 4.30. The Bertz CT molecular complexity index is 1260. The first-order valence-electron chi connectivity index (χ1n) is 10.9. The van der Waals surface area contributed by atoms with E-state index in [0.717, 1.165) is 54.0 Å². The maximum atomic E-state index is 13.1. The van der Waals surface area contributed by atoms with Crippen molar-refractivity contribution < 1.29 is 9.18 Å². The zero-order valence-electron chi connectivity index (χ0n) is 18.5. The van der Waals surface area contributed by atoms with E-state index in [2.05, 4.69) is 44.2 Å². The fourth-order valence-electron chi connectivity index (χ4n) is 4.12. The summed E-state index contributed by atoms with van der Waals surface area (Å²) in [6, 6.07) is 4.21. The van der Waals surface area contributed by atoms with E-state index >= 15 is 0 Å². The first kappa shape index (κ1) is 21.1. The van der Waals surface area contributed by atoms with Gasteiger partial charge in [0.1, 0.15) is 5.82 Å². The van der Waals surface area contributed by atoms with Crippen LogP contribution in [0, 0.1) is 17.7 Å². The molecule has 0 aliphatic carbocycles. The predicted octanol–water partition coefficient (Wildman–Crippen LogP) is 2.49. The molecule has 1 atom stereocenters. The van der Waals surface area contributed by atoms with Gasteiger partial charge >= 0.3 is 6.03 Å². The fourth-order valence-corrected chi connectivity index (χ4v) is 4.12. The zero-order chi connectivity index (χ0) is 22.9. The number of aromatic nitrogens is 4. The summed E-state index contributed by atoms with van der Waals surface area (Å²) in [6.07, 6.45) is 5.39. The Hall–Kier alpha value is -3.77. The molecular weight excluding hydrogens is 421 g/mol. The number of hydrogen-bond donors (Lipinski definition) is 1.